The van der Waals surface area contributed by atoms with Gasteiger partial charge in [-0.15, -0.1) is 0 Å². The van der Waals surface area contributed by atoms with Crippen LogP contribution in [0.2, 0.25) is 0 Å². The van der Waals surface area contributed by atoms with Gasteiger partial charge < -0.3 is 35.2 Å². The van der Waals surface area contributed by atoms with Crippen LogP contribution < -0.4 is 15.9 Å². The summed E-state index contributed by atoms with van der Waals surface area (Å²) in [6, 6.07) is 11.3. The van der Waals surface area contributed by atoms with Crippen molar-refractivity contribution in [2.24, 2.45) is 0 Å². The zero-order valence-electron chi connectivity index (χ0n) is 13.2. The summed E-state index contributed by atoms with van der Waals surface area (Å²) in [4.78, 5) is 0. The van der Waals surface area contributed by atoms with Gasteiger partial charge in [0, 0.05) is 0 Å². The molecule has 6 N–H and O–H groups in total. The fraction of sp³-hybridized carbons (Fsp3) is 0. The first kappa shape index (κ1) is 17.5. The molecule has 0 saturated heterocycles. The Morgan fingerprint density at radius 2 is 0.769 bits per heavy atom. The summed E-state index contributed by atoms with van der Waals surface area (Å²) in [6.45, 7) is 0. The molecule has 26 heavy (non-hydrogen) atoms. The van der Waals surface area contributed by atoms with E-state index in [1.165, 1.54) is 54.6 Å². The Morgan fingerprint density at radius 3 is 1.04 bits per heavy atom. The van der Waals surface area contributed by atoms with Crippen LogP contribution in [0.15, 0.2) is 54.6 Å². The van der Waals surface area contributed by atoms with E-state index < -0.39 is 41.6 Å². The summed E-state index contributed by atoms with van der Waals surface area (Å²) in [5, 5.41) is 59.4. The Morgan fingerprint density at radius 1 is 0.500 bits per heavy atom. The first-order valence-electron chi connectivity index (χ1n) is 7.43. The zero-order valence-corrected chi connectivity index (χ0v) is 14.1. The summed E-state index contributed by atoms with van der Waals surface area (Å²) in [6.07, 6.45) is 0. The lowest BCUT2D eigenvalue weighted by molar-refractivity contribution is 0.404. The largest absolute Gasteiger partial charge is 0.504 e. The van der Waals surface area contributed by atoms with Crippen molar-refractivity contribution in [1.82, 2.24) is 0 Å². The molecule has 0 spiro atoms. The lowest BCUT2D eigenvalue weighted by Gasteiger charge is -2.23. The molecule has 0 aliphatic rings. The van der Waals surface area contributed by atoms with Gasteiger partial charge in [0.15, 0.2) is 41.6 Å². The minimum absolute atomic E-state index is 0.278. The third-order valence-corrected chi connectivity index (χ3v) is 7.12. The smallest absolute Gasteiger partial charge is 0.182 e. The Labute approximate surface area is 148 Å². The van der Waals surface area contributed by atoms with Crippen molar-refractivity contribution in [3.05, 3.63) is 54.6 Å². The SMILES string of the molecule is O=P(c1cccc(O)c1O)(c1cccc(O)c1O)c1cccc(O)c1O. The van der Waals surface area contributed by atoms with Crippen molar-refractivity contribution in [3.8, 4) is 34.5 Å². The molecule has 0 aliphatic heterocycles. The summed E-state index contributed by atoms with van der Waals surface area (Å²) in [5.74, 6) is -3.78. The molecule has 3 aromatic carbocycles. The monoisotopic (exact) mass is 374 g/mol. The highest BCUT2D eigenvalue weighted by atomic mass is 31.2. The van der Waals surface area contributed by atoms with E-state index in [9.17, 15) is 35.2 Å². The number of hydrogen-bond acceptors (Lipinski definition) is 7. The van der Waals surface area contributed by atoms with E-state index in [4.69, 9.17) is 0 Å². The van der Waals surface area contributed by atoms with E-state index in [1.54, 1.807) is 0 Å². The van der Waals surface area contributed by atoms with Gasteiger partial charge in [-0.3, -0.25) is 0 Å². The van der Waals surface area contributed by atoms with Crippen molar-refractivity contribution in [2.45, 2.75) is 0 Å². The molecular formula is C18H15O7P. The maximum absolute atomic E-state index is 14.1. The maximum Gasteiger partial charge on any atom is 0.182 e. The van der Waals surface area contributed by atoms with E-state index in [2.05, 4.69) is 0 Å². The first-order valence-corrected chi connectivity index (χ1v) is 9.13. The molecule has 0 aromatic heterocycles. The van der Waals surface area contributed by atoms with E-state index >= 15 is 0 Å². The standard InChI is InChI=1S/C18H15O7P/c19-10-4-1-7-13(16(10)22)26(25,14-8-2-5-11(20)17(14)23)15-9-3-6-12(21)18(15)24/h1-9,19-24H. The van der Waals surface area contributed by atoms with Gasteiger partial charge in [-0.05, 0) is 36.4 Å². The van der Waals surface area contributed by atoms with Crippen LogP contribution in [0.4, 0.5) is 0 Å². The zero-order chi connectivity index (χ0) is 19.1. The van der Waals surface area contributed by atoms with Crippen LogP contribution in [0.5, 0.6) is 34.5 Å². The van der Waals surface area contributed by atoms with Crippen LogP contribution in [-0.2, 0) is 4.57 Å². The van der Waals surface area contributed by atoms with Crippen molar-refractivity contribution in [3.63, 3.8) is 0 Å². The van der Waals surface area contributed by atoms with Crippen molar-refractivity contribution in [1.29, 1.82) is 0 Å². The highest BCUT2D eigenvalue weighted by molar-refractivity contribution is 7.85. The highest BCUT2D eigenvalue weighted by Gasteiger charge is 2.39. The predicted octanol–water partition coefficient (Wildman–Crippen LogP) is 1.56. The molecule has 0 fully saturated rings. The average molecular weight is 374 g/mol. The van der Waals surface area contributed by atoms with Crippen LogP contribution in [-0.4, -0.2) is 30.6 Å². The molecule has 0 bridgehead atoms. The van der Waals surface area contributed by atoms with Gasteiger partial charge in [0.25, 0.3) is 0 Å². The number of aromatic hydroxyl groups is 6. The molecule has 0 aliphatic carbocycles. The molecule has 3 aromatic rings. The van der Waals surface area contributed by atoms with E-state index in [1.807, 2.05) is 0 Å². The van der Waals surface area contributed by atoms with Gasteiger partial charge in [-0.1, -0.05) is 18.2 Å². The Balaban J connectivity index is 2.48. The van der Waals surface area contributed by atoms with Gasteiger partial charge in [-0.25, -0.2) is 0 Å². The topological polar surface area (TPSA) is 138 Å². The molecule has 0 saturated carbocycles. The Bertz CT molecular complexity index is 914. The highest BCUT2D eigenvalue weighted by Crippen LogP contribution is 2.52. The third-order valence-electron chi connectivity index (χ3n) is 4.00. The average Bonchev–Trinajstić information content (AvgIpc) is 2.61. The molecular weight excluding hydrogens is 359 g/mol. The number of hydrogen-bond donors (Lipinski definition) is 6. The molecule has 0 unspecified atom stereocenters. The van der Waals surface area contributed by atoms with E-state index in [-0.39, 0.29) is 15.9 Å². The fourth-order valence-electron chi connectivity index (χ4n) is 2.71. The summed E-state index contributed by atoms with van der Waals surface area (Å²) in [7, 11) is -4.20. The van der Waals surface area contributed by atoms with Crippen molar-refractivity contribution in [2.75, 3.05) is 0 Å². The predicted molar refractivity (Wildman–Crippen MR) is 95.8 cm³/mol. The van der Waals surface area contributed by atoms with Gasteiger partial charge in [0.05, 0.1) is 15.9 Å². The number of rotatable bonds is 3. The summed E-state index contributed by atoms with van der Waals surface area (Å²) < 4.78 is 14.1. The third kappa shape index (κ3) is 2.50. The second-order valence-corrected chi connectivity index (χ2v) is 8.21. The Kier molecular flexibility index (Phi) is 4.18. The van der Waals surface area contributed by atoms with Crippen LogP contribution in [0.25, 0.3) is 0 Å². The quantitative estimate of drug-likeness (QED) is 0.302. The summed E-state index contributed by atoms with van der Waals surface area (Å²) in [5.41, 5.74) is 0. The maximum atomic E-state index is 14.1. The molecule has 0 atom stereocenters. The molecule has 8 heteroatoms. The number of benzene rings is 3. The summed E-state index contributed by atoms with van der Waals surface area (Å²) >= 11 is 0. The molecule has 0 heterocycles. The lowest BCUT2D eigenvalue weighted by Crippen LogP contribution is -2.26. The fourth-order valence-corrected chi connectivity index (χ4v) is 5.62. The number of phenolic OH excluding ortho intramolecular Hbond substituents is 6. The van der Waals surface area contributed by atoms with E-state index in [0.29, 0.717) is 0 Å². The second-order valence-electron chi connectivity index (χ2n) is 5.54. The minimum atomic E-state index is -4.20. The van der Waals surface area contributed by atoms with Gasteiger partial charge in [0.2, 0.25) is 0 Å². The van der Waals surface area contributed by atoms with E-state index in [0.717, 1.165) is 0 Å². The molecule has 134 valence electrons. The molecule has 3 rings (SSSR count). The van der Waals surface area contributed by atoms with Crippen molar-refractivity contribution < 1.29 is 35.2 Å². The normalized spacial score (nSPS) is 11.4. The minimum Gasteiger partial charge on any atom is -0.504 e. The molecule has 0 radical (unpaired) electrons. The lowest BCUT2D eigenvalue weighted by atomic mass is 10.3. The number of para-hydroxylation sites is 3. The van der Waals surface area contributed by atoms with Crippen LogP contribution in [0.3, 0.4) is 0 Å². The van der Waals surface area contributed by atoms with Crippen LogP contribution in [0, 0.1) is 0 Å². The van der Waals surface area contributed by atoms with Gasteiger partial charge in [-0.2, -0.15) is 0 Å². The van der Waals surface area contributed by atoms with Crippen LogP contribution >= 0.6 is 7.14 Å². The first-order chi connectivity index (χ1) is 12.3. The second kappa shape index (κ2) is 6.20. The number of phenols is 6. The molecule has 7 nitrogen and oxygen atoms in total. The van der Waals surface area contributed by atoms with Gasteiger partial charge in [0.1, 0.15) is 0 Å². The van der Waals surface area contributed by atoms with Crippen LogP contribution in [0.1, 0.15) is 0 Å². The molecule has 0 amide bonds. The van der Waals surface area contributed by atoms with Gasteiger partial charge >= 0.3 is 0 Å². The Hall–Kier alpha value is -3.31. The van der Waals surface area contributed by atoms with Crippen molar-refractivity contribution >= 4 is 23.1 Å².